The van der Waals surface area contributed by atoms with Gasteiger partial charge in [0, 0.05) is 48.9 Å². The third kappa shape index (κ3) is 5.38. The highest BCUT2D eigenvalue weighted by Crippen LogP contribution is 2.36. The molecule has 210 valence electrons. The van der Waals surface area contributed by atoms with Gasteiger partial charge in [0.2, 0.25) is 11.7 Å². The smallest absolute Gasteiger partial charge is 0.289 e. The number of nitrogens with zero attached hydrogens (tertiary/aromatic N) is 4. The molecule has 1 aliphatic heterocycles. The number of rotatable bonds is 11. The van der Waals surface area contributed by atoms with Crippen LogP contribution in [0.5, 0.6) is 11.5 Å². The van der Waals surface area contributed by atoms with Crippen LogP contribution in [-0.4, -0.2) is 75.1 Å². The van der Waals surface area contributed by atoms with E-state index in [1.807, 2.05) is 30.3 Å². The van der Waals surface area contributed by atoms with Crippen molar-refractivity contribution in [2.45, 2.75) is 69.2 Å². The zero-order valence-corrected chi connectivity index (χ0v) is 22.5. The van der Waals surface area contributed by atoms with E-state index in [0.29, 0.717) is 48.1 Å². The molecule has 3 heterocycles. The third-order valence-electron chi connectivity index (χ3n) is 8.25. The van der Waals surface area contributed by atoms with Crippen molar-refractivity contribution < 1.29 is 23.9 Å². The molecule has 3 atom stereocenters. The van der Waals surface area contributed by atoms with Gasteiger partial charge in [0.05, 0.1) is 24.7 Å². The summed E-state index contributed by atoms with van der Waals surface area (Å²) in [5.41, 5.74) is 6.52. The molecule has 2 amide bonds. The van der Waals surface area contributed by atoms with Gasteiger partial charge in [0.25, 0.3) is 5.91 Å². The topological polar surface area (TPSA) is 142 Å². The quantitative estimate of drug-likeness (QED) is 0.349. The number of hydrogen-bond acceptors (Lipinski definition) is 8. The molecule has 0 spiro atoms. The fourth-order valence-electron chi connectivity index (χ4n) is 5.69. The van der Waals surface area contributed by atoms with E-state index >= 15 is 0 Å². The minimum Gasteiger partial charge on any atom is -0.497 e. The van der Waals surface area contributed by atoms with Crippen LogP contribution in [0, 0.1) is 5.92 Å². The average Bonchev–Trinajstić information content (AvgIpc) is 3.38. The van der Waals surface area contributed by atoms with Crippen LogP contribution in [0.2, 0.25) is 0 Å². The molecule has 3 N–H and O–H groups in total. The number of carbonyl (C=O) groups excluding carboxylic acids is 3. The van der Waals surface area contributed by atoms with Crippen LogP contribution in [0.3, 0.4) is 0 Å². The number of ketones is 1. The van der Waals surface area contributed by atoms with Crippen molar-refractivity contribution in [2.24, 2.45) is 11.7 Å². The zero-order chi connectivity index (χ0) is 27.8. The molecular formula is C29H34N6O5. The Bertz CT molecular complexity index is 1420. The lowest BCUT2D eigenvalue weighted by Crippen LogP contribution is -2.54. The van der Waals surface area contributed by atoms with E-state index in [9.17, 15) is 14.4 Å². The Kier molecular flexibility index (Phi) is 7.14. The van der Waals surface area contributed by atoms with Gasteiger partial charge in [-0.3, -0.25) is 19.3 Å². The SMILES string of the molecule is COc1ccc2c(OC3CC(C(N)=O)N([C@@H](CC4CCC4)C(=O)C(=O)NC4CC4)C3)cc(-n3cccn3)nc2c1. The molecule has 2 saturated carbocycles. The van der Waals surface area contributed by atoms with E-state index < -0.39 is 35.8 Å². The molecule has 1 aromatic carbocycles. The number of nitrogens with one attached hydrogen (secondary N) is 1. The lowest BCUT2D eigenvalue weighted by molar-refractivity contribution is -0.142. The molecule has 1 saturated heterocycles. The van der Waals surface area contributed by atoms with E-state index in [2.05, 4.69) is 10.4 Å². The van der Waals surface area contributed by atoms with Crippen molar-refractivity contribution in [3.05, 3.63) is 42.7 Å². The number of primary amides is 1. The Morgan fingerprint density at radius 1 is 1.18 bits per heavy atom. The molecule has 0 bridgehead atoms. The van der Waals surface area contributed by atoms with Crippen molar-refractivity contribution in [3.8, 4) is 17.3 Å². The molecule has 3 aliphatic rings. The summed E-state index contributed by atoms with van der Waals surface area (Å²) in [6.07, 6.45) is 8.81. The highest BCUT2D eigenvalue weighted by Gasteiger charge is 2.46. The number of hydrogen-bond donors (Lipinski definition) is 2. The van der Waals surface area contributed by atoms with Crippen LogP contribution in [0.4, 0.5) is 0 Å². The Labute approximate surface area is 232 Å². The number of benzene rings is 1. The number of methoxy groups -OCH3 is 1. The summed E-state index contributed by atoms with van der Waals surface area (Å²) in [5, 5.41) is 7.90. The van der Waals surface area contributed by atoms with Crippen LogP contribution in [0.15, 0.2) is 42.7 Å². The maximum absolute atomic E-state index is 13.4. The molecule has 3 fully saturated rings. The van der Waals surface area contributed by atoms with E-state index in [1.165, 1.54) is 0 Å². The monoisotopic (exact) mass is 546 g/mol. The van der Waals surface area contributed by atoms with E-state index in [-0.39, 0.29) is 6.04 Å². The molecular weight excluding hydrogens is 512 g/mol. The predicted octanol–water partition coefficient (Wildman–Crippen LogP) is 2.14. The number of Topliss-reactive ketones (excluding diaryl/α,β-unsaturated/α-hetero) is 1. The molecule has 2 aromatic heterocycles. The van der Waals surface area contributed by atoms with Crippen LogP contribution in [0.25, 0.3) is 16.7 Å². The average molecular weight is 547 g/mol. The lowest BCUT2D eigenvalue weighted by Gasteiger charge is -2.35. The van der Waals surface area contributed by atoms with Crippen LogP contribution < -0.4 is 20.5 Å². The molecule has 0 radical (unpaired) electrons. The normalized spacial score (nSPS) is 22.0. The van der Waals surface area contributed by atoms with Crippen molar-refractivity contribution in [1.82, 2.24) is 25.0 Å². The van der Waals surface area contributed by atoms with E-state index in [4.69, 9.17) is 20.2 Å². The summed E-state index contributed by atoms with van der Waals surface area (Å²) in [4.78, 5) is 45.4. The summed E-state index contributed by atoms with van der Waals surface area (Å²) in [6.45, 7) is 0.296. The maximum atomic E-state index is 13.4. The van der Waals surface area contributed by atoms with Crippen molar-refractivity contribution in [2.75, 3.05) is 13.7 Å². The van der Waals surface area contributed by atoms with Gasteiger partial charge in [-0.2, -0.15) is 5.10 Å². The second-order valence-corrected chi connectivity index (χ2v) is 11.1. The Balaban J connectivity index is 1.29. The fourth-order valence-corrected chi connectivity index (χ4v) is 5.69. The van der Waals surface area contributed by atoms with Crippen LogP contribution in [-0.2, 0) is 14.4 Å². The van der Waals surface area contributed by atoms with E-state index in [1.54, 1.807) is 29.1 Å². The first-order valence-electron chi connectivity index (χ1n) is 13.9. The number of amides is 2. The predicted molar refractivity (Wildman–Crippen MR) is 146 cm³/mol. The largest absolute Gasteiger partial charge is 0.497 e. The standard InChI is InChI=1S/C29H34N6O5/c1-39-19-8-9-21-22(13-19)33-26(35-11-3-10-31-35)15-25(21)40-20-14-24(28(30)37)34(16-20)23(12-17-4-2-5-17)27(36)29(38)32-18-6-7-18/h3,8-11,13,15,17-18,20,23-24H,2,4-7,12,14,16H2,1H3,(H2,30,37)(H,32,38)/t20?,23-,24?/m0/s1. The van der Waals surface area contributed by atoms with Gasteiger partial charge in [0.1, 0.15) is 17.6 Å². The van der Waals surface area contributed by atoms with Crippen LogP contribution >= 0.6 is 0 Å². The Hall–Kier alpha value is -3.99. The van der Waals surface area contributed by atoms with Gasteiger partial charge in [-0.25, -0.2) is 9.67 Å². The van der Waals surface area contributed by atoms with Gasteiger partial charge < -0.3 is 20.5 Å². The molecule has 11 nitrogen and oxygen atoms in total. The van der Waals surface area contributed by atoms with Gasteiger partial charge in [-0.05, 0) is 43.4 Å². The summed E-state index contributed by atoms with van der Waals surface area (Å²) < 4.78 is 13.6. The highest BCUT2D eigenvalue weighted by molar-refractivity contribution is 6.38. The van der Waals surface area contributed by atoms with Crippen molar-refractivity contribution in [1.29, 1.82) is 0 Å². The number of nitrogens with two attached hydrogens (primary N) is 1. The number of fused-ring (bicyclic) bond motifs is 1. The van der Waals surface area contributed by atoms with E-state index in [0.717, 1.165) is 37.5 Å². The minimum absolute atomic E-state index is 0.0741. The van der Waals surface area contributed by atoms with Crippen molar-refractivity contribution in [3.63, 3.8) is 0 Å². The van der Waals surface area contributed by atoms with Gasteiger partial charge in [0.15, 0.2) is 5.82 Å². The molecule has 3 aromatic rings. The second-order valence-electron chi connectivity index (χ2n) is 11.1. The maximum Gasteiger partial charge on any atom is 0.289 e. The highest BCUT2D eigenvalue weighted by atomic mass is 16.5. The number of likely N-dealkylation sites (tertiary alicyclic amines) is 1. The Morgan fingerprint density at radius 3 is 2.65 bits per heavy atom. The van der Waals surface area contributed by atoms with Crippen molar-refractivity contribution >= 4 is 28.5 Å². The Morgan fingerprint density at radius 2 is 2.00 bits per heavy atom. The summed E-state index contributed by atoms with van der Waals surface area (Å²) in [6, 6.07) is 7.81. The molecule has 2 unspecified atom stereocenters. The number of ether oxygens (including phenoxy) is 2. The lowest BCUT2D eigenvalue weighted by atomic mass is 9.79. The van der Waals surface area contributed by atoms with Gasteiger partial charge in [-0.15, -0.1) is 0 Å². The number of pyridine rings is 1. The molecule has 40 heavy (non-hydrogen) atoms. The fraction of sp³-hybridized carbons (Fsp3) is 0.483. The molecule has 11 heteroatoms. The molecule has 2 aliphatic carbocycles. The van der Waals surface area contributed by atoms with Gasteiger partial charge >= 0.3 is 0 Å². The summed E-state index contributed by atoms with van der Waals surface area (Å²) in [5.74, 6) is 0.559. The number of carbonyl (C=O) groups is 3. The first kappa shape index (κ1) is 26.2. The van der Waals surface area contributed by atoms with Crippen LogP contribution in [0.1, 0.15) is 44.9 Å². The summed E-state index contributed by atoms with van der Waals surface area (Å²) in [7, 11) is 1.60. The second kappa shape index (κ2) is 10.9. The zero-order valence-electron chi connectivity index (χ0n) is 22.5. The molecule has 6 rings (SSSR count). The minimum atomic E-state index is -0.716. The summed E-state index contributed by atoms with van der Waals surface area (Å²) >= 11 is 0. The third-order valence-corrected chi connectivity index (χ3v) is 8.25. The van der Waals surface area contributed by atoms with Gasteiger partial charge in [-0.1, -0.05) is 19.3 Å². The number of aromatic nitrogens is 3. The first-order chi connectivity index (χ1) is 19.4. The first-order valence-corrected chi connectivity index (χ1v) is 13.9.